The van der Waals surface area contributed by atoms with E-state index in [-0.39, 0.29) is 0 Å². The highest BCUT2D eigenvalue weighted by molar-refractivity contribution is 5.86. The molecular weight excluding hydrogens is 206 g/mol. The third kappa shape index (κ3) is 1.60. The minimum Gasteiger partial charge on any atom is -0.493 e. The van der Waals surface area contributed by atoms with Gasteiger partial charge in [-0.3, -0.25) is 4.99 Å². The minimum absolute atomic E-state index is 0.652. The molecule has 1 heterocycles. The van der Waals surface area contributed by atoms with Gasteiger partial charge in [-0.2, -0.15) is 0 Å². The largest absolute Gasteiger partial charge is 0.493 e. The first-order chi connectivity index (χ1) is 7.81. The highest BCUT2D eigenvalue weighted by atomic mass is 16.5. The van der Waals surface area contributed by atoms with E-state index in [1.165, 1.54) is 0 Å². The number of aliphatic imine (C=N–C) groups is 1. The summed E-state index contributed by atoms with van der Waals surface area (Å²) in [6, 6.07) is 1.93. The van der Waals surface area contributed by atoms with Crippen molar-refractivity contribution in [2.75, 3.05) is 27.9 Å². The maximum atomic E-state index is 5.41. The summed E-state index contributed by atoms with van der Waals surface area (Å²) in [5, 5.41) is 0. The van der Waals surface area contributed by atoms with Crippen LogP contribution in [0, 0.1) is 0 Å². The van der Waals surface area contributed by atoms with E-state index in [0.717, 1.165) is 29.8 Å². The Bertz CT molecular complexity index is 427. The van der Waals surface area contributed by atoms with Gasteiger partial charge < -0.3 is 14.2 Å². The van der Waals surface area contributed by atoms with Crippen molar-refractivity contribution in [1.29, 1.82) is 0 Å². The number of fused-ring (bicyclic) bond motifs is 1. The second kappa shape index (κ2) is 4.43. The van der Waals surface area contributed by atoms with Crippen LogP contribution >= 0.6 is 0 Å². The van der Waals surface area contributed by atoms with Gasteiger partial charge in [0.15, 0.2) is 11.5 Å². The van der Waals surface area contributed by atoms with Crippen molar-refractivity contribution in [3.8, 4) is 17.2 Å². The van der Waals surface area contributed by atoms with E-state index in [0.29, 0.717) is 11.5 Å². The van der Waals surface area contributed by atoms with Gasteiger partial charge in [-0.25, -0.2) is 0 Å². The number of hydrogen-bond acceptors (Lipinski definition) is 4. The zero-order chi connectivity index (χ0) is 11.5. The van der Waals surface area contributed by atoms with E-state index in [1.54, 1.807) is 21.3 Å². The lowest BCUT2D eigenvalue weighted by Gasteiger charge is -2.19. The molecule has 0 fully saturated rings. The van der Waals surface area contributed by atoms with Crippen LogP contribution in [-0.2, 0) is 6.42 Å². The molecule has 0 unspecified atom stereocenters. The lowest BCUT2D eigenvalue weighted by Crippen LogP contribution is -2.07. The molecule has 4 heteroatoms. The molecule has 0 spiro atoms. The number of rotatable bonds is 3. The fourth-order valence-electron chi connectivity index (χ4n) is 1.95. The van der Waals surface area contributed by atoms with Crippen LogP contribution in [0.1, 0.15) is 11.1 Å². The summed E-state index contributed by atoms with van der Waals surface area (Å²) in [7, 11) is 4.87. The summed E-state index contributed by atoms with van der Waals surface area (Å²) in [6.45, 7) is 0.791. The monoisotopic (exact) mass is 221 g/mol. The van der Waals surface area contributed by atoms with Crippen molar-refractivity contribution in [2.24, 2.45) is 4.99 Å². The van der Waals surface area contributed by atoms with Crippen LogP contribution in [0.2, 0.25) is 0 Å². The molecule has 0 amide bonds. The van der Waals surface area contributed by atoms with Gasteiger partial charge in [0.2, 0.25) is 5.75 Å². The molecule has 1 aromatic carbocycles. The quantitative estimate of drug-likeness (QED) is 0.779. The van der Waals surface area contributed by atoms with Gasteiger partial charge in [-0.15, -0.1) is 0 Å². The smallest absolute Gasteiger partial charge is 0.203 e. The molecule has 86 valence electrons. The maximum absolute atomic E-state index is 5.41. The molecule has 0 saturated heterocycles. The van der Waals surface area contributed by atoms with Gasteiger partial charge in [-0.1, -0.05) is 0 Å². The molecule has 2 rings (SSSR count). The number of benzene rings is 1. The Morgan fingerprint density at radius 2 is 1.81 bits per heavy atom. The van der Waals surface area contributed by atoms with Crippen molar-refractivity contribution in [3.63, 3.8) is 0 Å². The van der Waals surface area contributed by atoms with Crippen molar-refractivity contribution < 1.29 is 14.2 Å². The predicted octanol–water partition coefficient (Wildman–Crippen LogP) is 1.69. The molecule has 16 heavy (non-hydrogen) atoms. The van der Waals surface area contributed by atoms with E-state index in [1.807, 2.05) is 12.3 Å². The Hall–Kier alpha value is -1.71. The van der Waals surface area contributed by atoms with Crippen LogP contribution in [0.5, 0.6) is 17.2 Å². The van der Waals surface area contributed by atoms with Crippen LogP contribution in [0.4, 0.5) is 0 Å². The van der Waals surface area contributed by atoms with Crippen LogP contribution in [0.25, 0.3) is 0 Å². The topological polar surface area (TPSA) is 40.0 Å². The minimum atomic E-state index is 0.652. The molecule has 4 nitrogen and oxygen atoms in total. The second-order valence-electron chi connectivity index (χ2n) is 3.50. The molecule has 1 aromatic rings. The Morgan fingerprint density at radius 3 is 2.44 bits per heavy atom. The van der Waals surface area contributed by atoms with Crippen molar-refractivity contribution in [2.45, 2.75) is 6.42 Å². The number of ether oxygens (including phenoxy) is 3. The first kappa shape index (κ1) is 10.8. The first-order valence-electron chi connectivity index (χ1n) is 5.13. The average molecular weight is 221 g/mol. The van der Waals surface area contributed by atoms with Gasteiger partial charge in [0.1, 0.15) is 0 Å². The summed E-state index contributed by atoms with van der Waals surface area (Å²) >= 11 is 0. The standard InChI is InChI=1S/C12H15NO3/c1-14-10-6-8-7-13-5-4-9(8)11(15-2)12(10)16-3/h6-7H,4-5H2,1-3H3. The lowest BCUT2D eigenvalue weighted by atomic mass is 10.0. The zero-order valence-electron chi connectivity index (χ0n) is 9.74. The van der Waals surface area contributed by atoms with E-state index in [2.05, 4.69) is 4.99 Å². The molecule has 0 bridgehead atoms. The summed E-state index contributed by atoms with van der Waals surface area (Å²) in [5.41, 5.74) is 2.18. The molecular formula is C12H15NO3. The molecule has 0 atom stereocenters. The molecule has 1 aliphatic rings. The highest BCUT2D eigenvalue weighted by Gasteiger charge is 2.20. The van der Waals surface area contributed by atoms with Crippen LogP contribution in [0.15, 0.2) is 11.1 Å². The summed E-state index contributed by atoms with van der Waals surface area (Å²) in [6.07, 6.45) is 2.72. The summed E-state index contributed by atoms with van der Waals surface area (Å²) in [4.78, 5) is 4.25. The van der Waals surface area contributed by atoms with Crippen LogP contribution < -0.4 is 14.2 Å². The van der Waals surface area contributed by atoms with Gasteiger partial charge in [0.05, 0.1) is 21.3 Å². The highest BCUT2D eigenvalue weighted by Crippen LogP contribution is 2.42. The Kier molecular flexibility index (Phi) is 2.99. The first-order valence-corrected chi connectivity index (χ1v) is 5.13. The SMILES string of the molecule is COc1cc2c(c(OC)c1OC)CCN=C2. The molecule has 0 N–H and O–H groups in total. The number of nitrogens with zero attached hydrogens (tertiary/aromatic N) is 1. The van der Waals surface area contributed by atoms with Crippen molar-refractivity contribution in [3.05, 3.63) is 17.2 Å². The van der Waals surface area contributed by atoms with Gasteiger partial charge >= 0.3 is 0 Å². The normalized spacial score (nSPS) is 13.2. The maximum Gasteiger partial charge on any atom is 0.203 e. The van der Waals surface area contributed by atoms with Gasteiger partial charge in [-0.05, 0) is 12.5 Å². The zero-order valence-corrected chi connectivity index (χ0v) is 9.74. The van der Waals surface area contributed by atoms with Gasteiger partial charge in [0, 0.05) is 23.9 Å². The van der Waals surface area contributed by atoms with E-state index < -0.39 is 0 Å². The third-order valence-corrected chi connectivity index (χ3v) is 2.69. The number of hydrogen-bond donors (Lipinski definition) is 0. The van der Waals surface area contributed by atoms with E-state index >= 15 is 0 Å². The molecule has 0 aliphatic carbocycles. The molecule has 0 radical (unpaired) electrons. The number of methoxy groups -OCH3 is 3. The fraction of sp³-hybridized carbons (Fsp3) is 0.417. The lowest BCUT2D eigenvalue weighted by molar-refractivity contribution is 0.322. The Morgan fingerprint density at radius 1 is 1.06 bits per heavy atom. The second-order valence-corrected chi connectivity index (χ2v) is 3.50. The molecule has 0 saturated carbocycles. The summed E-state index contributed by atoms with van der Waals surface area (Å²) in [5.74, 6) is 2.08. The van der Waals surface area contributed by atoms with E-state index in [9.17, 15) is 0 Å². The average Bonchev–Trinajstić information content (AvgIpc) is 2.36. The Balaban J connectivity index is 2.65. The molecule has 1 aliphatic heterocycles. The fourth-order valence-corrected chi connectivity index (χ4v) is 1.95. The van der Waals surface area contributed by atoms with Crippen molar-refractivity contribution >= 4 is 6.21 Å². The van der Waals surface area contributed by atoms with Crippen LogP contribution in [-0.4, -0.2) is 34.1 Å². The third-order valence-electron chi connectivity index (χ3n) is 2.69. The van der Waals surface area contributed by atoms with Crippen molar-refractivity contribution in [1.82, 2.24) is 0 Å². The predicted molar refractivity (Wildman–Crippen MR) is 62.3 cm³/mol. The summed E-state index contributed by atoms with van der Waals surface area (Å²) < 4.78 is 16.0. The van der Waals surface area contributed by atoms with E-state index in [4.69, 9.17) is 14.2 Å². The van der Waals surface area contributed by atoms with Gasteiger partial charge in [0.25, 0.3) is 0 Å². The van der Waals surface area contributed by atoms with Crippen LogP contribution in [0.3, 0.4) is 0 Å². The Labute approximate surface area is 94.9 Å². The molecule has 0 aromatic heterocycles.